The Morgan fingerprint density at radius 1 is 1.43 bits per heavy atom. The number of guanidine groups is 1. The van der Waals surface area contributed by atoms with Crippen LogP contribution in [0.1, 0.15) is 25.3 Å². The van der Waals surface area contributed by atoms with Crippen LogP contribution in [-0.2, 0) is 6.54 Å². The highest BCUT2D eigenvalue weighted by Gasteiger charge is 2.29. The molecular weight excluding hydrogens is 489 g/mol. The van der Waals surface area contributed by atoms with Crippen LogP contribution in [0.3, 0.4) is 0 Å². The highest BCUT2D eigenvalue weighted by Crippen LogP contribution is 2.36. The van der Waals surface area contributed by atoms with Gasteiger partial charge in [-0.3, -0.25) is 4.99 Å². The molecule has 1 aromatic carbocycles. The van der Waals surface area contributed by atoms with Crippen molar-refractivity contribution < 1.29 is 4.74 Å². The number of ether oxygens (including phenoxy) is 1. The van der Waals surface area contributed by atoms with Gasteiger partial charge in [0.2, 0.25) is 0 Å². The van der Waals surface area contributed by atoms with Gasteiger partial charge in [0.1, 0.15) is 5.75 Å². The van der Waals surface area contributed by atoms with E-state index in [1.807, 2.05) is 23.9 Å². The number of aliphatic imine (C=N–C) groups is 1. The Labute approximate surface area is 168 Å². The Hall–Kier alpha value is -0.150. The van der Waals surface area contributed by atoms with Gasteiger partial charge in [0.05, 0.1) is 7.11 Å². The summed E-state index contributed by atoms with van der Waals surface area (Å²) in [7, 11) is 3.50. The van der Waals surface area contributed by atoms with Crippen LogP contribution in [0.4, 0.5) is 0 Å². The second-order valence-corrected chi connectivity index (χ2v) is 8.24. The minimum Gasteiger partial charge on any atom is -0.496 e. The zero-order valence-electron chi connectivity index (χ0n) is 13.8. The SMILES string of the molecule is CN=C(NCc1cc(Br)ccc1OC)NCC1(C)CCCS1.I. The number of nitrogens with one attached hydrogen (secondary N) is 2. The Kier molecular flexibility index (Phi) is 9.07. The van der Waals surface area contributed by atoms with Crippen molar-refractivity contribution in [3.05, 3.63) is 28.2 Å². The molecule has 0 amide bonds. The van der Waals surface area contributed by atoms with Gasteiger partial charge in [-0.25, -0.2) is 0 Å². The average Bonchev–Trinajstić information content (AvgIpc) is 2.95. The molecule has 2 rings (SSSR count). The first kappa shape index (κ1) is 20.9. The van der Waals surface area contributed by atoms with Gasteiger partial charge in [-0.1, -0.05) is 15.9 Å². The molecule has 1 fully saturated rings. The van der Waals surface area contributed by atoms with Crippen LogP contribution in [-0.4, -0.2) is 37.2 Å². The highest BCUT2D eigenvalue weighted by atomic mass is 127. The summed E-state index contributed by atoms with van der Waals surface area (Å²) >= 11 is 5.55. The van der Waals surface area contributed by atoms with Gasteiger partial charge in [0, 0.05) is 34.9 Å². The van der Waals surface area contributed by atoms with E-state index < -0.39 is 0 Å². The second-order valence-electron chi connectivity index (χ2n) is 5.64. The number of hydrogen-bond acceptors (Lipinski definition) is 3. The molecule has 0 aliphatic carbocycles. The normalized spacial score (nSPS) is 20.8. The summed E-state index contributed by atoms with van der Waals surface area (Å²) in [6.07, 6.45) is 2.57. The van der Waals surface area contributed by atoms with Gasteiger partial charge < -0.3 is 15.4 Å². The largest absolute Gasteiger partial charge is 0.496 e. The van der Waals surface area contributed by atoms with Gasteiger partial charge in [-0.15, -0.1) is 24.0 Å². The maximum Gasteiger partial charge on any atom is 0.191 e. The fourth-order valence-electron chi connectivity index (χ4n) is 2.53. The quantitative estimate of drug-likeness (QED) is 0.354. The van der Waals surface area contributed by atoms with Gasteiger partial charge >= 0.3 is 0 Å². The lowest BCUT2D eigenvalue weighted by molar-refractivity contribution is 0.409. The topological polar surface area (TPSA) is 45.7 Å². The summed E-state index contributed by atoms with van der Waals surface area (Å²) in [6, 6.07) is 6.01. The molecule has 0 bridgehead atoms. The summed E-state index contributed by atoms with van der Waals surface area (Å²) in [5, 5.41) is 6.80. The number of halogens is 2. The van der Waals surface area contributed by atoms with E-state index >= 15 is 0 Å². The Morgan fingerprint density at radius 2 is 2.22 bits per heavy atom. The van der Waals surface area contributed by atoms with E-state index in [1.54, 1.807) is 14.2 Å². The zero-order chi connectivity index (χ0) is 16.0. The van der Waals surface area contributed by atoms with Gasteiger partial charge in [-0.2, -0.15) is 11.8 Å². The van der Waals surface area contributed by atoms with E-state index in [0.29, 0.717) is 11.3 Å². The lowest BCUT2D eigenvalue weighted by Gasteiger charge is -2.24. The molecule has 1 aromatic rings. The van der Waals surface area contributed by atoms with E-state index in [9.17, 15) is 0 Å². The molecule has 1 atom stereocenters. The van der Waals surface area contributed by atoms with Crippen molar-refractivity contribution in [3.63, 3.8) is 0 Å². The van der Waals surface area contributed by atoms with Gasteiger partial charge in [0.25, 0.3) is 0 Å². The van der Waals surface area contributed by atoms with Crippen LogP contribution in [0.2, 0.25) is 0 Å². The Balaban J connectivity index is 0.00000264. The minimum atomic E-state index is 0. The molecule has 1 unspecified atom stereocenters. The molecule has 0 radical (unpaired) electrons. The van der Waals surface area contributed by atoms with Crippen LogP contribution >= 0.6 is 51.7 Å². The van der Waals surface area contributed by atoms with Gasteiger partial charge in [-0.05, 0) is 43.7 Å². The zero-order valence-corrected chi connectivity index (χ0v) is 18.6. The van der Waals surface area contributed by atoms with Crippen LogP contribution < -0.4 is 15.4 Å². The van der Waals surface area contributed by atoms with Gasteiger partial charge in [0.15, 0.2) is 5.96 Å². The van der Waals surface area contributed by atoms with E-state index in [2.05, 4.69) is 44.5 Å². The average molecular weight is 514 g/mol. The standard InChI is InChI=1S/C16H24BrN3OS.HI/c1-16(7-4-8-22-16)11-20-15(18-2)19-10-12-9-13(17)5-6-14(12)21-3;/h5-6,9H,4,7-8,10-11H2,1-3H3,(H2,18,19,20);1H. The van der Waals surface area contributed by atoms with E-state index in [-0.39, 0.29) is 24.0 Å². The molecule has 1 heterocycles. The van der Waals surface area contributed by atoms with E-state index in [1.165, 1.54) is 18.6 Å². The summed E-state index contributed by atoms with van der Waals surface area (Å²) in [4.78, 5) is 4.31. The number of hydrogen-bond donors (Lipinski definition) is 2. The summed E-state index contributed by atoms with van der Waals surface area (Å²) in [5.74, 6) is 2.97. The number of methoxy groups -OCH3 is 1. The summed E-state index contributed by atoms with van der Waals surface area (Å²) in [6.45, 7) is 3.93. The van der Waals surface area contributed by atoms with Crippen LogP contribution in [0.15, 0.2) is 27.7 Å². The van der Waals surface area contributed by atoms with Crippen molar-refractivity contribution >= 4 is 57.6 Å². The van der Waals surface area contributed by atoms with Crippen molar-refractivity contribution in [2.24, 2.45) is 4.99 Å². The number of rotatable bonds is 5. The van der Waals surface area contributed by atoms with Crippen molar-refractivity contribution in [1.29, 1.82) is 0 Å². The predicted octanol–water partition coefficient (Wildman–Crippen LogP) is 4.03. The lowest BCUT2D eigenvalue weighted by Crippen LogP contribution is -2.43. The number of benzene rings is 1. The van der Waals surface area contributed by atoms with Crippen LogP contribution in [0.25, 0.3) is 0 Å². The van der Waals surface area contributed by atoms with Crippen molar-refractivity contribution in [1.82, 2.24) is 10.6 Å². The molecule has 4 nitrogen and oxygen atoms in total. The molecule has 2 N–H and O–H groups in total. The molecular formula is C16H25BrIN3OS. The monoisotopic (exact) mass is 513 g/mol. The molecule has 0 aromatic heterocycles. The molecule has 1 aliphatic heterocycles. The third-order valence-corrected chi connectivity index (χ3v) is 5.87. The molecule has 0 spiro atoms. The molecule has 1 saturated heterocycles. The van der Waals surface area contributed by atoms with Crippen molar-refractivity contribution in [2.45, 2.75) is 31.1 Å². The van der Waals surface area contributed by atoms with Crippen LogP contribution in [0.5, 0.6) is 5.75 Å². The summed E-state index contributed by atoms with van der Waals surface area (Å²) < 4.78 is 6.77. The number of thioether (sulfide) groups is 1. The Bertz CT molecular complexity index is 536. The third-order valence-electron chi connectivity index (χ3n) is 3.84. The smallest absolute Gasteiger partial charge is 0.191 e. The lowest BCUT2D eigenvalue weighted by atomic mass is 10.1. The third kappa shape index (κ3) is 6.34. The molecule has 7 heteroatoms. The minimum absolute atomic E-state index is 0. The first-order valence-electron chi connectivity index (χ1n) is 7.47. The number of nitrogens with zero attached hydrogens (tertiary/aromatic N) is 1. The first-order valence-corrected chi connectivity index (χ1v) is 9.25. The molecule has 130 valence electrons. The molecule has 23 heavy (non-hydrogen) atoms. The maximum absolute atomic E-state index is 5.40. The van der Waals surface area contributed by atoms with Crippen molar-refractivity contribution in [2.75, 3.05) is 26.5 Å². The van der Waals surface area contributed by atoms with Crippen LogP contribution in [0, 0.1) is 0 Å². The van der Waals surface area contributed by atoms with E-state index in [0.717, 1.165) is 28.3 Å². The maximum atomic E-state index is 5.40. The highest BCUT2D eigenvalue weighted by molar-refractivity contribution is 14.0. The predicted molar refractivity (Wildman–Crippen MR) is 114 cm³/mol. The fourth-order valence-corrected chi connectivity index (χ4v) is 4.18. The second kappa shape index (κ2) is 9.98. The fraction of sp³-hybridized carbons (Fsp3) is 0.562. The Morgan fingerprint density at radius 3 is 2.83 bits per heavy atom. The van der Waals surface area contributed by atoms with E-state index in [4.69, 9.17) is 4.74 Å². The molecule has 1 aliphatic rings. The first-order chi connectivity index (χ1) is 10.6. The molecule has 0 saturated carbocycles. The van der Waals surface area contributed by atoms with Crippen molar-refractivity contribution in [3.8, 4) is 5.75 Å². The summed E-state index contributed by atoms with van der Waals surface area (Å²) in [5.41, 5.74) is 1.10.